The lowest BCUT2D eigenvalue weighted by Gasteiger charge is -2.32. The number of hydrogen-bond acceptors (Lipinski definition) is 6. The molecule has 3 N–H and O–H groups in total. The molecule has 26 heavy (non-hydrogen) atoms. The highest BCUT2D eigenvalue weighted by molar-refractivity contribution is 5.56. The summed E-state index contributed by atoms with van der Waals surface area (Å²) in [7, 11) is 1.52. The van der Waals surface area contributed by atoms with Crippen molar-refractivity contribution in [3.8, 4) is 28.7 Å². The second-order valence-electron chi connectivity index (χ2n) is 6.37. The fourth-order valence-electron chi connectivity index (χ4n) is 3.64. The molecule has 0 aromatic heterocycles. The van der Waals surface area contributed by atoms with E-state index in [4.69, 9.17) is 18.9 Å². The number of morpholine rings is 1. The van der Waals surface area contributed by atoms with Crippen LogP contribution in [-0.2, 0) is 4.74 Å². The minimum Gasteiger partial charge on any atom is -0.507 e. The van der Waals surface area contributed by atoms with Crippen LogP contribution in [0.25, 0.3) is 0 Å². The van der Waals surface area contributed by atoms with E-state index in [1.807, 2.05) is 12.1 Å². The van der Waals surface area contributed by atoms with Crippen LogP contribution in [0.3, 0.4) is 0 Å². The van der Waals surface area contributed by atoms with Gasteiger partial charge in [0.1, 0.15) is 24.9 Å². The minimum absolute atomic E-state index is 0.0797. The molecule has 7 heteroatoms. The number of para-hydroxylation sites is 1. The molecular formula is C19H22NO6+. The Kier molecular flexibility index (Phi) is 4.48. The Balaban J connectivity index is 1.84. The summed E-state index contributed by atoms with van der Waals surface area (Å²) in [5, 5.41) is 21.4. The van der Waals surface area contributed by atoms with Gasteiger partial charge in [0.05, 0.1) is 31.5 Å². The van der Waals surface area contributed by atoms with E-state index >= 15 is 0 Å². The zero-order chi connectivity index (χ0) is 18.1. The SMILES string of the molecule is COc1cccc([C@@H](c2cc3c(cc2O)OCO3)[NH+]2CCOCC2)c1O. The smallest absolute Gasteiger partial charge is 0.231 e. The average molecular weight is 360 g/mol. The Bertz CT molecular complexity index is 803. The van der Waals surface area contributed by atoms with Crippen LogP contribution in [0.2, 0.25) is 0 Å². The summed E-state index contributed by atoms with van der Waals surface area (Å²) in [5.41, 5.74) is 1.37. The molecule has 4 rings (SSSR count). The van der Waals surface area contributed by atoms with Gasteiger partial charge in [-0.25, -0.2) is 0 Å². The average Bonchev–Trinajstić information content (AvgIpc) is 3.11. The lowest BCUT2D eigenvalue weighted by molar-refractivity contribution is -0.933. The van der Waals surface area contributed by atoms with Crippen LogP contribution in [0.15, 0.2) is 30.3 Å². The number of ether oxygens (including phenoxy) is 4. The van der Waals surface area contributed by atoms with Gasteiger partial charge in [0.25, 0.3) is 0 Å². The van der Waals surface area contributed by atoms with Gasteiger partial charge in [-0.05, 0) is 18.2 Å². The monoisotopic (exact) mass is 360 g/mol. The molecule has 0 spiro atoms. The molecule has 7 nitrogen and oxygen atoms in total. The van der Waals surface area contributed by atoms with Crippen LogP contribution in [-0.4, -0.2) is 50.4 Å². The van der Waals surface area contributed by atoms with Crippen molar-refractivity contribution in [3.63, 3.8) is 0 Å². The maximum atomic E-state index is 10.7. The van der Waals surface area contributed by atoms with Crippen LogP contribution in [0, 0.1) is 0 Å². The molecule has 0 bridgehead atoms. The zero-order valence-electron chi connectivity index (χ0n) is 14.5. The maximum Gasteiger partial charge on any atom is 0.231 e. The van der Waals surface area contributed by atoms with E-state index < -0.39 is 0 Å². The number of fused-ring (bicyclic) bond motifs is 1. The molecule has 0 radical (unpaired) electrons. The van der Waals surface area contributed by atoms with Crippen molar-refractivity contribution < 1.29 is 34.1 Å². The first kappa shape index (κ1) is 16.8. The van der Waals surface area contributed by atoms with E-state index in [1.54, 1.807) is 18.2 Å². The van der Waals surface area contributed by atoms with E-state index in [9.17, 15) is 10.2 Å². The van der Waals surface area contributed by atoms with Crippen LogP contribution in [0.5, 0.6) is 28.7 Å². The second-order valence-corrected chi connectivity index (χ2v) is 6.37. The van der Waals surface area contributed by atoms with Crippen molar-refractivity contribution in [3.05, 3.63) is 41.5 Å². The van der Waals surface area contributed by atoms with E-state index in [-0.39, 0.29) is 24.3 Å². The molecule has 2 aliphatic rings. The van der Waals surface area contributed by atoms with Crippen molar-refractivity contribution in [1.29, 1.82) is 0 Å². The maximum absolute atomic E-state index is 10.7. The van der Waals surface area contributed by atoms with Gasteiger partial charge in [0.2, 0.25) is 6.79 Å². The minimum atomic E-state index is -0.288. The lowest BCUT2D eigenvalue weighted by Crippen LogP contribution is -3.14. The highest BCUT2D eigenvalue weighted by Crippen LogP contribution is 2.43. The van der Waals surface area contributed by atoms with Gasteiger partial charge in [0.15, 0.2) is 23.0 Å². The summed E-state index contributed by atoms with van der Waals surface area (Å²) >= 11 is 0. The highest BCUT2D eigenvalue weighted by atomic mass is 16.7. The van der Waals surface area contributed by atoms with Crippen molar-refractivity contribution in [1.82, 2.24) is 0 Å². The summed E-state index contributed by atoms with van der Waals surface area (Å²) < 4.78 is 21.6. The molecule has 0 saturated carbocycles. The first-order chi connectivity index (χ1) is 12.7. The Morgan fingerprint density at radius 2 is 1.77 bits per heavy atom. The summed E-state index contributed by atoms with van der Waals surface area (Å²) in [5.74, 6) is 1.71. The number of aromatic hydroxyl groups is 2. The van der Waals surface area contributed by atoms with Gasteiger partial charge < -0.3 is 34.1 Å². The summed E-state index contributed by atoms with van der Waals surface area (Å²) in [6, 6.07) is 8.48. The van der Waals surface area contributed by atoms with Crippen LogP contribution < -0.4 is 19.1 Å². The van der Waals surface area contributed by atoms with Gasteiger partial charge in [-0.3, -0.25) is 0 Å². The molecule has 138 valence electrons. The van der Waals surface area contributed by atoms with Crippen LogP contribution in [0.1, 0.15) is 17.2 Å². The zero-order valence-corrected chi connectivity index (χ0v) is 14.5. The quantitative estimate of drug-likeness (QED) is 0.750. The Morgan fingerprint density at radius 3 is 2.50 bits per heavy atom. The predicted octanol–water partition coefficient (Wildman–Crippen LogP) is 0.840. The van der Waals surface area contributed by atoms with Crippen LogP contribution >= 0.6 is 0 Å². The Morgan fingerprint density at radius 1 is 1.04 bits per heavy atom. The molecule has 2 heterocycles. The van der Waals surface area contributed by atoms with E-state index in [2.05, 4.69) is 0 Å². The number of methoxy groups -OCH3 is 1. The van der Waals surface area contributed by atoms with Gasteiger partial charge >= 0.3 is 0 Å². The number of nitrogens with one attached hydrogen (secondary N) is 1. The predicted molar refractivity (Wildman–Crippen MR) is 92.2 cm³/mol. The highest BCUT2D eigenvalue weighted by Gasteiger charge is 2.34. The Labute approximate surface area is 151 Å². The van der Waals surface area contributed by atoms with Crippen molar-refractivity contribution >= 4 is 0 Å². The molecule has 0 unspecified atom stereocenters. The molecular weight excluding hydrogens is 338 g/mol. The number of phenols is 2. The first-order valence-electron chi connectivity index (χ1n) is 8.59. The number of quaternary nitrogens is 1. The van der Waals surface area contributed by atoms with Gasteiger partial charge in [-0.1, -0.05) is 6.07 Å². The first-order valence-corrected chi connectivity index (χ1v) is 8.59. The summed E-state index contributed by atoms with van der Waals surface area (Å²) in [6.07, 6.45) is 0. The number of hydrogen-bond donors (Lipinski definition) is 3. The summed E-state index contributed by atoms with van der Waals surface area (Å²) in [6.45, 7) is 2.91. The lowest BCUT2D eigenvalue weighted by atomic mass is 9.94. The Hall–Kier alpha value is -2.64. The van der Waals surface area contributed by atoms with Crippen molar-refractivity contribution in [2.75, 3.05) is 40.2 Å². The van der Waals surface area contributed by atoms with E-state index in [0.29, 0.717) is 41.6 Å². The largest absolute Gasteiger partial charge is 0.507 e. The third-order valence-electron chi connectivity index (χ3n) is 4.94. The van der Waals surface area contributed by atoms with Crippen molar-refractivity contribution in [2.45, 2.75) is 6.04 Å². The topological polar surface area (TPSA) is 81.8 Å². The number of benzene rings is 2. The van der Waals surface area contributed by atoms with E-state index in [0.717, 1.165) is 13.1 Å². The number of rotatable bonds is 4. The third kappa shape index (κ3) is 2.89. The van der Waals surface area contributed by atoms with Gasteiger partial charge in [-0.15, -0.1) is 0 Å². The molecule has 0 amide bonds. The fourth-order valence-corrected chi connectivity index (χ4v) is 3.64. The van der Waals surface area contributed by atoms with Gasteiger partial charge in [-0.2, -0.15) is 0 Å². The standard InChI is InChI=1S/C19H21NO6/c1-23-15-4-2-3-12(19(15)22)18(20-5-7-24-8-6-20)13-9-16-17(10-14(13)21)26-11-25-16/h2-4,9-10,18,21-22H,5-8,11H2,1H3/p+1/t18-/m0/s1. The number of phenolic OH excluding ortho intramolecular Hbond substituents is 2. The third-order valence-corrected chi connectivity index (χ3v) is 4.94. The molecule has 1 atom stereocenters. The molecule has 2 aromatic carbocycles. The molecule has 2 aliphatic heterocycles. The van der Waals surface area contributed by atoms with Crippen molar-refractivity contribution in [2.24, 2.45) is 0 Å². The molecule has 2 aromatic rings. The summed E-state index contributed by atoms with van der Waals surface area (Å²) in [4.78, 5) is 1.19. The van der Waals surface area contributed by atoms with Gasteiger partial charge in [0, 0.05) is 6.07 Å². The molecule has 0 aliphatic carbocycles. The second kappa shape index (κ2) is 6.93. The van der Waals surface area contributed by atoms with Crippen LogP contribution in [0.4, 0.5) is 0 Å². The van der Waals surface area contributed by atoms with E-state index in [1.165, 1.54) is 12.0 Å². The fraction of sp³-hybridized carbons (Fsp3) is 0.368. The molecule has 1 fully saturated rings. The molecule has 1 saturated heterocycles. The normalized spacial score (nSPS) is 17.9.